The summed E-state index contributed by atoms with van der Waals surface area (Å²) in [5, 5.41) is 1.04. The molecule has 2 heterocycles. The maximum absolute atomic E-state index is 11.7. The summed E-state index contributed by atoms with van der Waals surface area (Å²) >= 11 is 1.72. The first-order valence-electron chi connectivity index (χ1n) is 8.03. The number of primary amides is 1. The van der Waals surface area contributed by atoms with Crippen LogP contribution in [0.4, 0.5) is 0 Å². The van der Waals surface area contributed by atoms with Crippen molar-refractivity contribution in [2.24, 2.45) is 5.73 Å². The maximum Gasteiger partial charge on any atom is 0.243 e. The highest BCUT2D eigenvalue weighted by molar-refractivity contribution is 8.03. The number of amides is 1. The molecule has 2 N–H and O–H groups in total. The Morgan fingerprint density at radius 3 is 2.88 bits per heavy atom. The highest BCUT2D eigenvalue weighted by Crippen LogP contribution is 2.48. The molecule has 126 valence electrons. The summed E-state index contributed by atoms with van der Waals surface area (Å²) in [5.41, 5.74) is 7.11. The third-order valence-corrected chi connectivity index (χ3v) is 6.01. The van der Waals surface area contributed by atoms with E-state index in [-0.39, 0.29) is 5.91 Å². The summed E-state index contributed by atoms with van der Waals surface area (Å²) < 4.78 is 11.5. The Morgan fingerprint density at radius 1 is 1.38 bits per heavy atom. The van der Waals surface area contributed by atoms with Crippen LogP contribution in [0.25, 0.3) is 11.0 Å². The largest absolute Gasteiger partial charge is 0.488 e. The fourth-order valence-electron chi connectivity index (χ4n) is 3.25. The quantitative estimate of drug-likeness (QED) is 0.900. The van der Waals surface area contributed by atoms with E-state index >= 15 is 0 Å². The minimum atomic E-state index is -0.452. The van der Waals surface area contributed by atoms with Gasteiger partial charge in [-0.2, -0.15) is 0 Å². The zero-order valence-corrected chi connectivity index (χ0v) is 14.6. The van der Waals surface area contributed by atoms with Crippen molar-refractivity contribution in [1.82, 2.24) is 4.90 Å². The van der Waals surface area contributed by atoms with Crippen molar-refractivity contribution in [3.63, 3.8) is 0 Å². The Bertz CT molecular complexity index is 851. The number of fused-ring (bicyclic) bond motifs is 1. The monoisotopic (exact) mass is 344 g/mol. The van der Waals surface area contributed by atoms with Crippen molar-refractivity contribution < 1.29 is 13.9 Å². The number of nitrogens with two attached hydrogens (primary N) is 1. The summed E-state index contributed by atoms with van der Waals surface area (Å²) in [4.78, 5) is 15.0. The first-order valence-corrected chi connectivity index (χ1v) is 9.01. The van der Waals surface area contributed by atoms with Gasteiger partial charge >= 0.3 is 0 Å². The predicted octanol–water partition coefficient (Wildman–Crippen LogP) is 3.38. The molecule has 6 heteroatoms. The Labute approximate surface area is 144 Å². The topological polar surface area (TPSA) is 68.7 Å². The van der Waals surface area contributed by atoms with Crippen molar-refractivity contribution in [1.29, 1.82) is 0 Å². The van der Waals surface area contributed by atoms with Crippen LogP contribution in [0, 0.1) is 6.92 Å². The van der Waals surface area contributed by atoms with Gasteiger partial charge in [0.2, 0.25) is 5.91 Å². The molecule has 1 amide bonds. The van der Waals surface area contributed by atoms with E-state index in [4.69, 9.17) is 14.9 Å². The van der Waals surface area contributed by atoms with Gasteiger partial charge < -0.3 is 19.8 Å². The Hall–Kier alpha value is -2.08. The average molecular weight is 344 g/mol. The standard InChI is InChI=1S/C18H20N2O3S/c1-11-7-13-8-14(3-4-15(13)23-11)22-9-16-12(2)20(10-24-16)18(5-6-18)17(19)21/h3-4,7-8H,5-6,9-10H2,1-2H3,(H2,19,21). The summed E-state index contributed by atoms with van der Waals surface area (Å²) in [6, 6.07) is 7.84. The summed E-state index contributed by atoms with van der Waals surface area (Å²) in [5.74, 6) is 2.26. The highest BCUT2D eigenvalue weighted by Gasteiger charge is 2.55. The van der Waals surface area contributed by atoms with Crippen LogP contribution in [-0.2, 0) is 4.79 Å². The molecule has 4 rings (SSSR count). The number of aryl methyl sites for hydroxylation is 1. The molecule has 0 radical (unpaired) electrons. The number of hydrogen-bond acceptors (Lipinski definition) is 5. The summed E-state index contributed by atoms with van der Waals surface area (Å²) in [7, 11) is 0. The number of hydrogen-bond donors (Lipinski definition) is 1. The van der Waals surface area contributed by atoms with Gasteiger partial charge in [0.1, 0.15) is 29.2 Å². The molecule has 2 aromatic rings. The zero-order valence-electron chi connectivity index (χ0n) is 13.8. The zero-order chi connectivity index (χ0) is 16.9. The number of carbonyl (C=O) groups is 1. The molecule has 0 atom stereocenters. The molecular weight excluding hydrogens is 324 g/mol. The molecule has 1 saturated carbocycles. The molecule has 1 aromatic carbocycles. The number of ether oxygens (including phenoxy) is 1. The fourth-order valence-corrected chi connectivity index (χ4v) is 4.43. The van der Waals surface area contributed by atoms with Crippen LogP contribution in [0.15, 0.2) is 39.3 Å². The molecule has 0 bridgehead atoms. The Morgan fingerprint density at radius 2 is 2.17 bits per heavy atom. The van der Waals surface area contributed by atoms with E-state index in [2.05, 4.69) is 4.90 Å². The van der Waals surface area contributed by atoms with Crippen molar-refractivity contribution in [3.05, 3.63) is 40.6 Å². The van der Waals surface area contributed by atoms with Gasteiger partial charge in [0.05, 0.1) is 5.88 Å². The van der Waals surface area contributed by atoms with Gasteiger partial charge in [0.15, 0.2) is 0 Å². The molecule has 2 aliphatic rings. The second-order valence-corrected chi connectivity index (χ2v) is 7.49. The van der Waals surface area contributed by atoms with Gasteiger partial charge in [-0.25, -0.2) is 0 Å². The third-order valence-electron chi connectivity index (χ3n) is 4.86. The molecule has 24 heavy (non-hydrogen) atoms. The molecular formula is C18H20N2O3S. The van der Waals surface area contributed by atoms with Crippen LogP contribution < -0.4 is 10.5 Å². The lowest BCUT2D eigenvalue weighted by Gasteiger charge is -2.27. The molecule has 0 spiro atoms. The molecule has 1 aliphatic heterocycles. The lowest BCUT2D eigenvalue weighted by Crippen LogP contribution is -2.44. The number of allylic oxidation sites excluding steroid dienone is 1. The predicted molar refractivity (Wildman–Crippen MR) is 94.6 cm³/mol. The number of carbonyl (C=O) groups excluding carboxylic acids is 1. The van der Waals surface area contributed by atoms with Crippen LogP contribution >= 0.6 is 11.8 Å². The normalized spacial score (nSPS) is 19.2. The van der Waals surface area contributed by atoms with E-state index in [1.807, 2.05) is 38.1 Å². The number of furan rings is 1. The Kier molecular flexibility index (Phi) is 3.53. The number of benzene rings is 1. The second-order valence-electron chi connectivity index (χ2n) is 6.45. The van der Waals surface area contributed by atoms with Crippen molar-refractivity contribution in [2.75, 3.05) is 12.5 Å². The lowest BCUT2D eigenvalue weighted by molar-refractivity contribution is -0.123. The van der Waals surface area contributed by atoms with Crippen LogP contribution in [-0.4, -0.2) is 28.8 Å². The third kappa shape index (κ3) is 2.45. The van der Waals surface area contributed by atoms with Crippen molar-refractivity contribution in [2.45, 2.75) is 32.2 Å². The van der Waals surface area contributed by atoms with Gasteiger partial charge in [-0.05, 0) is 51.0 Å². The highest BCUT2D eigenvalue weighted by atomic mass is 32.2. The number of rotatable bonds is 5. The van der Waals surface area contributed by atoms with Crippen molar-refractivity contribution >= 4 is 28.6 Å². The van der Waals surface area contributed by atoms with Crippen molar-refractivity contribution in [3.8, 4) is 5.75 Å². The Balaban J connectivity index is 1.48. The van der Waals surface area contributed by atoms with Gasteiger partial charge in [-0.1, -0.05) is 0 Å². The summed E-state index contributed by atoms with van der Waals surface area (Å²) in [6.07, 6.45) is 1.70. The minimum Gasteiger partial charge on any atom is -0.488 e. The van der Waals surface area contributed by atoms with E-state index in [0.29, 0.717) is 6.61 Å². The first-order chi connectivity index (χ1) is 11.5. The van der Waals surface area contributed by atoms with E-state index < -0.39 is 5.54 Å². The molecule has 1 fully saturated rings. The van der Waals surface area contributed by atoms with E-state index in [1.165, 1.54) is 0 Å². The SMILES string of the molecule is CC1=C(COc2ccc3oc(C)cc3c2)SCN1C1(C(N)=O)CC1. The number of thioether (sulfide) groups is 1. The van der Waals surface area contributed by atoms with Crippen LogP contribution in [0.2, 0.25) is 0 Å². The molecule has 5 nitrogen and oxygen atoms in total. The first kappa shape index (κ1) is 15.4. The van der Waals surface area contributed by atoms with Gasteiger partial charge in [0, 0.05) is 16.0 Å². The van der Waals surface area contributed by atoms with E-state index in [0.717, 1.165) is 51.8 Å². The minimum absolute atomic E-state index is 0.217. The van der Waals surface area contributed by atoms with Crippen LogP contribution in [0.5, 0.6) is 5.75 Å². The molecule has 1 aromatic heterocycles. The van der Waals surface area contributed by atoms with Crippen LogP contribution in [0.1, 0.15) is 25.5 Å². The van der Waals surface area contributed by atoms with Crippen LogP contribution in [0.3, 0.4) is 0 Å². The molecule has 1 aliphatic carbocycles. The maximum atomic E-state index is 11.7. The van der Waals surface area contributed by atoms with Gasteiger partial charge in [-0.3, -0.25) is 4.79 Å². The fraction of sp³-hybridized carbons (Fsp3) is 0.389. The average Bonchev–Trinajstić information content (AvgIpc) is 3.15. The van der Waals surface area contributed by atoms with E-state index in [9.17, 15) is 4.79 Å². The lowest BCUT2D eigenvalue weighted by atomic mass is 10.2. The smallest absolute Gasteiger partial charge is 0.243 e. The van der Waals surface area contributed by atoms with Gasteiger partial charge in [0.25, 0.3) is 0 Å². The number of nitrogens with zero attached hydrogens (tertiary/aromatic N) is 1. The van der Waals surface area contributed by atoms with E-state index in [1.54, 1.807) is 11.8 Å². The molecule has 0 unspecified atom stereocenters. The van der Waals surface area contributed by atoms with Gasteiger partial charge in [-0.15, -0.1) is 11.8 Å². The second kappa shape index (κ2) is 5.48. The summed E-state index contributed by atoms with van der Waals surface area (Å²) in [6.45, 7) is 4.49. The molecule has 0 saturated heterocycles.